The summed E-state index contributed by atoms with van der Waals surface area (Å²) in [4.78, 5) is 28.6. The van der Waals surface area contributed by atoms with Crippen molar-refractivity contribution in [2.75, 3.05) is 44.6 Å². The molecule has 7 heteroatoms. The van der Waals surface area contributed by atoms with Gasteiger partial charge in [-0.15, -0.1) is 0 Å². The molecule has 29 heavy (non-hydrogen) atoms. The van der Waals surface area contributed by atoms with Crippen LogP contribution < -0.4 is 10.1 Å². The zero-order valence-electron chi connectivity index (χ0n) is 16.4. The van der Waals surface area contributed by atoms with Crippen LogP contribution in [-0.2, 0) is 9.59 Å². The second kappa shape index (κ2) is 10.8. The van der Waals surface area contributed by atoms with Crippen molar-refractivity contribution in [1.29, 1.82) is 0 Å². The van der Waals surface area contributed by atoms with E-state index in [0.717, 1.165) is 25.4 Å². The quantitative estimate of drug-likeness (QED) is 0.718. The van der Waals surface area contributed by atoms with E-state index in [-0.39, 0.29) is 24.7 Å². The number of carbonyl (C=O) groups excluding carboxylic acids is 2. The zero-order valence-corrected chi connectivity index (χ0v) is 17.1. The number of hydrogen-bond donors (Lipinski definition) is 1. The van der Waals surface area contributed by atoms with Crippen LogP contribution >= 0.6 is 11.6 Å². The number of para-hydroxylation sites is 1. The van der Waals surface area contributed by atoms with Crippen LogP contribution in [0.3, 0.4) is 0 Å². The summed E-state index contributed by atoms with van der Waals surface area (Å²) in [5, 5.41) is 3.40. The SMILES string of the molecule is O=C(CCC(=O)N1CCN(CCOc2ccccc2)CC1)Nc1ccc(Cl)cc1. The molecule has 0 aromatic heterocycles. The van der Waals surface area contributed by atoms with Crippen LogP contribution in [0.1, 0.15) is 12.8 Å². The van der Waals surface area contributed by atoms with E-state index >= 15 is 0 Å². The fraction of sp³-hybridized carbons (Fsp3) is 0.364. The van der Waals surface area contributed by atoms with Gasteiger partial charge in [-0.05, 0) is 36.4 Å². The molecule has 3 rings (SSSR count). The minimum absolute atomic E-state index is 0.0245. The monoisotopic (exact) mass is 415 g/mol. The molecule has 0 atom stereocenters. The van der Waals surface area contributed by atoms with Crippen molar-refractivity contribution in [1.82, 2.24) is 9.80 Å². The summed E-state index contributed by atoms with van der Waals surface area (Å²) in [5.74, 6) is 0.729. The molecule has 1 fully saturated rings. The van der Waals surface area contributed by atoms with Crippen LogP contribution in [0, 0.1) is 0 Å². The van der Waals surface area contributed by atoms with Crippen LogP contribution in [0.4, 0.5) is 5.69 Å². The first-order valence-corrected chi connectivity index (χ1v) is 10.2. The average molecular weight is 416 g/mol. The molecule has 0 radical (unpaired) electrons. The van der Waals surface area contributed by atoms with E-state index in [2.05, 4.69) is 10.2 Å². The van der Waals surface area contributed by atoms with Crippen LogP contribution in [0.25, 0.3) is 0 Å². The lowest BCUT2D eigenvalue weighted by Gasteiger charge is -2.34. The van der Waals surface area contributed by atoms with E-state index in [1.165, 1.54) is 0 Å². The van der Waals surface area contributed by atoms with Crippen molar-refractivity contribution in [2.24, 2.45) is 0 Å². The normalized spacial score (nSPS) is 14.4. The molecule has 1 aliphatic rings. The molecule has 0 unspecified atom stereocenters. The smallest absolute Gasteiger partial charge is 0.224 e. The van der Waals surface area contributed by atoms with Gasteiger partial charge in [0.2, 0.25) is 11.8 Å². The average Bonchev–Trinajstić information content (AvgIpc) is 2.75. The van der Waals surface area contributed by atoms with E-state index < -0.39 is 0 Å². The van der Waals surface area contributed by atoms with Gasteiger partial charge in [-0.25, -0.2) is 0 Å². The predicted octanol–water partition coefficient (Wildman–Crippen LogP) is 3.28. The summed E-state index contributed by atoms with van der Waals surface area (Å²) < 4.78 is 5.73. The van der Waals surface area contributed by atoms with Crippen molar-refractivity contribution in [2.45, 2.75) is 12.8 Å². The van der Waals surface area contributed by atoms with Gasteiger partial charge in [-0.2, -0.15) is 0 Å². The Morgan fingerprint density at radius 3 is 2.31 bits per heavy atom. The third-order valence-corrected chi connectivity index (χ3v) is 5.09. The van der Waals surface area contributed by atoms with Gasteiger partial charge in [0.25, 0.3) is 0 Å². The number of benzene rings is 2. The van der Waals surface area contributed by atoms with Gasteiger partial charge in [-0.3, -0.25) is 14.5 Å². The Morgan fingerprint density at radius 1 is 0.931 bits per heavy atom. The maximum atomic E-state index is 12.4. The second-order valence-corrected chi connectivity index (χ2v) is 7.38. The first-order valence-electron chi connectivity index (χ1n) is 9.83. The lowest BCUT2D eigenvalue weighted by molar-refractivity contribution is -0.134. The van der Waals surface area contributed by atoms with E-state index in [1.807, 2.05) is 35.2 Å². The first-order chi connectivity index (χ1) is 14.1. The molecule has 0 aliphatic carbocycles. The minimum atomic E-state index is -0.169. The van der Waals surface area contributed by atoms with Gasteiger partial charge in [0.15, 0.2) is 0 Å². The number of anilines is 1. The summed E-state index contributed by atoms with van der Waals surface area (Å²) in [7, 11) is 0. The maximum absolute atomic E-state index is 12.4. The van der Waals surface area contributed by atoms with Crippen LogP contribution in [-0.4, -0.2) is 60.9 Å². The van der Waals surface area contributed by atoms with Crippen LogP contribution in [0.5, 0.6) is 5.75 Å². The van der Waals surface area contributed by atoms with Crippen LogP contribution in [0.2, 0.25) is 5.02 Å². The highest BCUT2D eigenvalue weighted by atomic mass is 35.5. The van der Waals surface area contributed by atoms with Gasteiger partial charge in [0.1, 0.15) is 12.4 Å². The van der Waals surface area contributed by atoms with Gasteiger partial charge in [0.05, 0.1) is 0 Å². The van der Waals surface area contributed by atoms with Gasteiger partial charge < -0.3 is 15.0 Å². The molecule has 1 aliphatic heterocycles. The van der Waals surface area contributed by atoms with Crippen molar-refractivity contribution in [3.05, 3.63) is 59.6 Å². The molecule has 1 N–H and O–H groups in total. The molecule has 1 heterocycles. The Balaban J connectivity index is 1.31. The number of ether oxygens (including phenoxy) is 1. The molecule has 2 aromatic rings. The predicted molar refractivity (Wildman–Crippen MR) is 114 cm³/mol. The summed E-state index contributed by atoms with van der Waals surface area (Å²) in [6.45, 7) is 4.47. The minimum Gasteiger partial charge on any atom is -0.492 e. The molecule has 6 nitrogen and oxygen atoms in total. The van der Waals surface area contributed by atoms with Gasteiger partial charge >= 0.3 is 0 Å². The molecule has 2 amide bonds. The Hall–Kier alpha value is -2.57. The molecular weight excluding hydrogens is 390 g/mol. The molecule has 0 saturated carbocycles. The highest BCUT2D eigenvalue weighted by Gasteiger charge is 2.21. The lowest BCUT2D eigenvalue weighted by Crippen LogP contribution is -2.49. The lowest BCUT2D eigenvalue weighted by atomic mass is 10.2. The Labute approximate surface area is 176 Å². The summed E-state index contributed by atoms with van der Waals surface area (Å²) in [5.41, 5.74) is 0.679. The van der Waals surface area contributed by atoms with E-state index in [1.54, 1.807) is 24.3 Å². The van der Waals surface area contributed by atoms with Crippen molar-refractivity contribution in [3.8, 4) is 5.75 Å². The Morgan fingerprint density at radius 2 is 1.62 bits per heavy atom. The molecular formula is C22H26ClN3O3. The van der Waals surface area contributed by atoms with Gasteiger partial charge in [0, 0.05) is 56.3 Å². The highest BCUT2D eigenvalue weighted by Crippen LogP contribution is 2.14. The highest BCUT2D eigenvalue weighted by molar-refractivity contribution is 6.30. The topological polar surface area (TPSA) is 61.9 Å². The number of nitrogens with one attached hydrogen (secondary N) is 1. The Kier molecular flexibility index (Phi) is 7.90. The number of rotatable bonds is 8. The zero-order chi connectivity index (χ0) is 20.5. The molecule has 0 spiro atoms. The third-order valence-electron chi connectivity index (χ3n) is 4.84. The number of piperazine rings is 1. The summed E-state index contributed by atoms with van der Waals surface area (Å²) >= 11 is 5.83. The summed E-state index contributed by atoms with van der Waals surface area (Å²) in [6.07, 6.45) is 0.392. The van der Waals surface area contributed by atoms with Crippen molar-refractivity contribution in [3.63, 3.8) is 0 Å². The molecule has 2 aromatic carbocycles. The summed E-state index contributed by atoms with van der Waals surface area (Å²) in [6, 6.07) is 16.7. The fourth-order valence-corrected chi connectivity index (χ4v) is 3.29. The van der Waals surface area contributed by atoms with Gasteiger partial charge in [-0.1, -0.05) is 29.8 Å². The van der Waals surface area contributed by atoms with E-state index in [9.17, 15) is 9.59 Å². The maximum Gasteiger partial charge on any atom is 0.224 e. The number of halogens is 1. The second-order valence-electron chi connectivity index (χ2n) is 6.94. The number of carbonyl (C=O) groups is 2. The number of hydrogen-bond acceptors (Lipinski definition) is 4. The number of nitrogens with zero attached hydrogens (tertiary/aromatic N) is 2. The Bertz CT molecular complexity index is 791. The first kappa shape index (κ1) is 21.1. The van der Waals surface area contributed by atoms with Crippen LogP contribution in [0.15, 0.2) is 54.6 Å². The largest absolute Gasteiger partial charge is 0.492 e. The molecule has 0 bridgehead atoms. The van der Waals surface area contributed by atoms with E-state index in [4.69, 9.17) is 16.3 Å². The number of amides is 2. The van der Waals surface area contributed by atoms with Crippen molar-refractivity contribution >= 4 is 29.1 Å². The molecule has 154 valence electrons. The standard InChI is InChI=1S/C22H26ClN3O3/c23-18-6-8-19(9-7-18)24-21(27)10-11-22(28)26-14-12-25(13-15-26)16-17-29-20-4-2-1-3-5-20/h1-9H,10-17H2,(H,24,27). The molecule has 1 saturated heterocycles. The van der Waals surface area contributed by atoms with Crippen molar-refractivity contribution < 1.29 is 14.3 Å². The fourth-order valence-electron chi connectivity index (χ4n) is 3.17. The third kappa shape index (κ3) is 7.07. The van der Waals surface area contributed by atoms with E-state index in [0.29, 0.717) is 30.4 Å².